The van der Waals surface area contributed by atoms with E-state index in [2.05, 4.69) is 48.3 Å². The Morgan fingerprint density at radius 2 is 1.93 bits per heavy atom. The van der Waals surface area contributed by atoms with Gasteiger partial charge in [-0.2, -0.15) is 0 Å². The molecule has 0 saturated carbocycles. The first-order valence-corrected chi connectivity index (χ1v) is 10.5. The number of piperidine rings is 1. The molecule has 2 saturated heterocycles. The Morgan fingerprint density at radius 1 is 1.19 bits per heavy atom. The standard InChI is InChI=1S/C22H35N3O2/c1-3-23-22(25-11-7-18(2)8-12-25)24-16-19-5-4-6-20(15-19)17-27-21-9-13-26-14-10-21/h4-6,15,18,21H,3,7-14,16-17H2,1-2H3,(H,23,24). The van der Waals surface area contributed by atoms with Crippen molar-refractivity contribution in [1.82, 2.24) is 10.2 Å². The van der Waals surface area contributed by atoms with Gasteiger partial charge in [0.05, 0.1) is 19.3 Å². The molecule has 5 nitrogen and oxygen atoms in total. The van der Waals surface area contributed by atoms with Crippen molar-refractivity contribution in [3.8, 4) is 0 Å². The molecule has 150 valence electrons. The molecule has 1 aromatic rings. The van der Waals surface area contributed by atoms with E-state index in [0.717, 1.165) is 57.6 Å². The van der Waals surface area contributed by atoms with E-state index in [1.54, 1.807) is 0 Å². The number of nitrogens with zero attached hydrogens (tertiary/aromatic N) is 2. The molecule has 0 aliphatic carbocycles. The van der Waals surface area contributed by atoms with Crippen molar-refractivity contribution in [2.45, 2.75) is 58.8 Å². The van der Waals surface area contributed by atoms with E-state index in [4.69, 9.17) is 14.5 Å². The zero-order chi connectivity index (χ0) is 18.9. The number of guanidine groups is 1. The molecule has 2 aliphatic heterocycles. The normalized spacial score (nSPS) is 20.1. The maximum Gasteiger partial charge on any atom is 0.194 e. The van der Waals surface area contributed by atoms with Crippen LogP contribution in [-0.4, -0.2) is 49.8 Å². The lowest BCUT2D eigenvalue weighted by Crippen LogP contribution is -2.45. The van der Waals surface area contributed by atoms with E-state index >= 15 is 0 Å². The van der Waals surface area contributed by atoms with Gasteiger partial charge < -0.3 is 19.7 Å². The summed E-state index contributed by atoms with van der Waals surface area (Å²) in [6, 6.07) is 8.64. The topological polar surface area (TPSA) is 46.1 Å². The van der Waals surface area contributed by atoms with Crippen molar-refractivity contribution < 1.29 is 9.47 Å². The minimum absolute atomic E-state index is 0.335. The van der Waals surface area contributed by atoms with Gasteiger partial charge in [-0.25, -0.2) is 4.99 Å². The molecule has 2 aliphatic rings. The van der Waals surface area contributed by atoms with Crippen molar-refractivity contribution in [2.24, 2.45) is 10.9 Å². The van der Waals surface area contributed by atoms with Crippen LogP contribution < -0.4 is 5.32 Å². The molecule has 0 amide bonds. The molecule has 2 heterocycles. The summed E-state index contributed by atoms with van der Waals surface area (Å²) < 4.78 is 11.5. The van der Waals surface area contributed by atoms with Crippen LogP contribution in [0.4, 0.5) is 0 Å². The van der Waals surface area contributed by atoms with Crippen LogP contribution >= 0.6 is 0 Å². The molecular formula is C22H35N3O2. The van der Waals surface area contributed by atoms with Crippen LogP contribution in [0.2, 0.25) is 0 Å². The van der Waals surface area contributed by atoms with Crippen molar-refractivity contribution >= 4 is 5.96 Å². The maximum absolute atomic E-state index is 6.06. The Balaban J connectivity index is 1.55. The first-order valence-electron chi connectivity index (χ1n) is 10.5. The van der Waals surface area contributed by atoms with Crippen molar-refractivity contribution in [3.63, 3.8) is 0 Å². The van der Waals surface area contributed by atoms with E-state index in [1.807, 2.05) is 0 Å². The van der Waals surface area contributed by atoms with Gasteiger partial charge in [-0.3, -0.25) is 0 Å². The van der Waals surface area contributed by atoms with Crippen LogP contribution in [0.25, 0.3) is 0 Å². The van der Waals surface area contributed by atoms with Crippen LogP contribution in [0.15, 0.2) is 29.3 Å². The number of aliphatic imine (C=N–C) groups is 1. The van der Waals surface area contributed by atoms with Gasteiger partial charge >= 0.3 is 0 Å². The number of benzene rings is 1. The quantitative estimate of drug-likeness (QED) is 0.612. The highest BCUT2D eigenvalue weighted by molar-refractivity contribution is 5.80. The third kappa shape index (κ3) is 6.51. The van der Waals surface area contributed by atoms with E-state index < -0.39 is 0 Å². The Kier molecular flexibility index (Phi) is 7.96. The van der Waals surface area contributed by atoms with Crippen molar-refractivity contribution in [2.75, 3.05) is 32.8 Å². The molecule has 0 unspecified atom stereocenters. The lowest BCUT2D eigenvalue weighted by atomic mass is 10.00. The predicted molar refractivity (Wildman–Crippen MR) is 110 cm³/mol. The second kappa shape index (κ2) is 10.7. The Bertz CT molecular complexity index is 591. The highest BCUT2D eigenvalue weighted by Gasteiger charge is 2.18. The summed E-state index contributed by atoms with van der Waals surface area (Å²) in [6.07, 6.45) is 4.85. The second-order valence-electron chi connectivity index (χ2n) is 7.78. The van der Waals surface area contributed by atoms with E-state index in [0.29, 0.717) is 19.3 Å². The van der Waals surface area contributed by atoms with Crippen molar-refractivity contribution in [1.29, 1.82) is 0 Å². The highest BCUT2D eigenvalue weighted by atomic mass is 16.5. The Labute approximate surface area is 164 Å². The lowest BCUT2D eigenvalue weighted by molar-refractivity contribution is -0.0390. The molecule has 2 fully saturated rings. The number of hydrogen-bond acceptors (Lipinski definition) is 3. The average molecular weight is 374 g/mol. The molecular weight excluding hydrogens is 338 g/mol. The lowest BCUT2D eigenvalue weighted by Gasteiger charge is -2.33. The summed E-state index contributed by atoms with van der Waals surface area (Å²) >= 11 is 0. The minimum atomic E-state index is 0.335. The third-order valence-corrected chi connectivity index (χ3v) is 5.47. The van der Waals surface area contributed by atoms with Crippen LogP contribution in [0, 0.1) is 5.92 Å². The molecule has 0 radical (unpaired) electrons. The summed E-state index contributed by atoms with van der Waals surface area (Å²) in [4.78, 5) is 7.30. The fourth-order valence-electron chi connectivity index (χ4n) is 3.69. The molecule has 0 aromatic heterocycles. The molecule has 27 heavy (non-hydrogen) atoms. The number of ether oxygens (including phenoxy) is 2. The first-order chi connectivity index (χ1) is 13.2. The summed E-state index contributed by atoms with van der Waals surface area (Å²) in [7, 11) is 0. The van der Waals surface area contributed by atoms with Gasteiger partial charge in [0.1, 0.15) is 0 Å². The van der Waals surface area contributed by atoms with Gasteiger partial charge in [-0.1, -0.05) is 31.2 Å². The Morgan fingerprint density at radius 3 is 2.67 bits per heavy atom. The molecule has 0 spiro atoms. The molecule has 0 atom stereocenters. The van der Waals surface area contributed by atoms with Gasteiger partial charge in [-0.15, -0.1) is 0 Å². The van der Waals surface area contributed by atoms with E-state index in [9.17, 15) is 0 Å². The number of likely N-dealkylation sites (tertiary alicyclic amines) is 1. The Hall–Kier alpha value is -1.59. The van der Waals surface area contributed by atoms with Gasteiger partial charge in [0.2, 0.25) is 0 Å². The largest absolute Gasteiger partial charge is 0.381 e. The molecule has 1 N–H and O–H groups in total. The SMILES string of the molecule is CCNC(=NCc1cccc(COC2CCOCC2)c1)N1CCC(C)CC1. The summed E-state index contributed by atoms with van der Waals surface area (Å²) in [5, 5.41) is 3.46. The molecule has 0 bridgehead atoms. The van der Waals surface area contributed by atoms with E-state index in [-0.39, 0.29) is 0 Å². The van der Waals surface area contributed by atoms with Crippen LogP contribution in [0.3, 0.4) is 0 Å². The molecule has 1 aromatic carbocycles. The number of nitrogens with one attached hydrogen (secondary N) is 1. The highest BCUT2D eigenvalue weighted by Crippen LogP contribution is 2.17. The predicted octanol–water partition coefficient (Wildman–Crippen LogP) is 3.58. The van der Waals surface area contributed by atoms with Gasteiger partial charge in [0, 0.05) is 32.8 Å². The zero-order valence-electron chi connectivity index (χ0n) is 17.0. The van der Waals surface area contributed by atoms with E-state index in [1.165, 1.54) is 24.0 Å². The fourth-order valence-corrected chi connectivity index (χ4v) is 3.69. The summed E-state index contributed by atoms with van der Waals surface area (Å²) in [5.74, 6) is 1.88. The van der Waals surface area contributed by atoms with Crippen LogP contribution in [0.5, 0.6) is 0 Å². The number of rotatable bonds is 6. The summed E-state index contributed by atoms with van der Waals surface area (Å²) in [5.41, 5.74) is 2.47. The first kappa shape index (κ1) is 20.2. The van der Waals surface area contributed by atoms with Gasteiger partial charge in [0.25, 0.3) is 0 Å². The average Bonchev–Trinajstić information content (AvgIpc) is 2.71. The zero-order valence-corrected chi connectivity index (χ0v) is 17.0. The van der Waals surface area contributed by atoms with Crippen LogP contribution in [-0.2, 0) is 22.6 Å². The van der Waals surface area contributed by atoms with Crippen LogP contribution in [0.1, 0.15) is 50.7 Å². The molecule has 5 heteroatoms. The van der Waals surface area contributed by atoms with Gasteiger partial charge in [0.15, 0.2) is 5.96 Å². The minimum Gasteiger partial charge on any atom is -0.381 e. The molecule has 3 rings (SSSR count). The van der Waals surface area contributed by atoms with Gasteiger partial charge in [-0.05, 0) is 49.7 Å². The summed E-state index contributed by atoms with van der Waals surface area (Å²) in [6.45, 7) is 10.6. The second-order valence-corrected chi connectivity index (χ2v) is 7.78. The number of hydrogen-bond donors (Lipinski definition) is 1. The smallest absolute Gasteiger partial charge is 0.194 e. The third-order valence-electron chi connectivity index (χ3n) is 5.47. The monoisotopic (exact) mass is 373 g/mol. The van der Waals surface area contributed by atoms with Crippen molar-refractivity contribution in [3.05, 3.63) is 35.4 Å². The fraction of sp³-hybridized carbons (Fsp3) is 0.682. The maximum atomic E-state index is 6.06.